The second-order valence-corrected chi connectivity index (χ2v) is 1.71. The highest BCUT2D eigenvalue weighted by atomic mass is 16.5. The molecule has 1 aliphatic rings. The Morgan fingerprint density at radius 2 is 2.40 bits per heavy atom. The molecule has 0 aromatic carbocycles. The molecule has 0 radical (unpaired) electrons. The van der Waals surface area contributed by atoms with Crippen LogP contribution in [0.3, 0.4) is 0 Å². The number of rotatable bonds is 0. The Balaban J connectivity index is 2.87. The highest BCUT2D eigenvalue weighted by Gasteiger charge is 2.14. The van der Waals surface area contributed by atoms with Gasteiger partial charge in [-0.05, 0) is 0 Å². The van der Waals surface area contributed by atoms with Gasteiger partial charge in [-0.1, -0.05) is 0 Å². The van der Waals surface area contributed by atoms with Crippen molar-refractivity contribution in [2.75, 3.05) is 6.61 Å². The van der Waals surface area contributed by atoms with E-state index in [0.29, 0.717) is 0 Å². The molecular weight excluding hydrogens is 134 g/mol. The molecule has 0 bridgehead atoms. The van der Waals surface area contributed by atoms with Gasteiger partial charge < -0.3 is 16.2 Å². The molecule has 0 aromatic heterocycles. The Kier molecular flexibility index (Phi) is 1.57. The Labute approximate surface area is 57.4 Å². The number of aliphatic imine (C=N–C) groups is 1. The molecule has 0 saturated heterocycles. The fraction of sp³-hybridized carbons (Fsp3) is 0.200. The first-order valence-corrected chi connectivity index (χ1v) is 2.66. The molecule has 0 saturated carbocycles. The SMILES string of the molecule is N/C=C1/OCC(=O)N=C1N. The summed E-state index contributed by atoms with van der Waals surface area (Å²) in [6, 6.07) is 0. The van der Waals surface area contributed by atoms with Gasteiger partial charge in [-0.3, -0.25) is 4.79 Å². The Morgan fingerprint density at radius 1 is 1.70 bits per heavy atom. The van der Waals surface area contributed by atoms with Crippen molar-refractivity contribution in [3.63, 3.8) is 0 Å². The summed E-state index contributed by atoms with van der Waals surface area (Å²) in [5.41, 5.74) is 10.3. The van der Waals surface area contributed by atoms with Gasteiger partial charge in [-0.25, -0.2) is 0 Å². The number of nitrogens with zero attached hydrogens (tertiary/aromatic N) is 1. The number of ether oxygens (including phenoxy) is 1. The molecule has 0 unspecified atom stereocenters. The maximum absolute atomic E-state index is 10.5. The number of hydrogen-bond acceptors (Lipinski definition) is 4. The number of nitrogens with two attached hydrogens (primary N) is 2. The molecule has 5 heteroatoms. The summed E-state index contributed by atoms with van der Waals surface area (Å²) >= 11 is 0. The second kappa shape index (κ2) is 2.38. The Hall–Kier alpha value is -1.52. The third-order valence-corrected chi connectivity index (χ3v) is 1.00. The molecule has 0 spiro atoms. The first-order valence-electron chi connectivity index (χ1n) is 2.66. The van der Waals surface area contributed by atoms with E-state index in [0.717, 1.165) is 0 Å². The van der Waals surface area contributed by atoms with Crippen LogP contribution in [0.5, 0.6) is 0 Å². The van der Waals surface area contributed by atoms with Crippen LogP contribution in [-0.4, -0.2) is 18.3 Å². The maximum atomic E-state index is 10.5. The van der Waals surface area contributed by atoms with Crippen LogP contribution in [-0.2, 0) is 9.53 Å². The highest BCUT2D eigenvalue weighted by Crippen LogP contribution is 2.01. The lowest BCUT2D eigenvalue weighted by Crippen LogP contribution is -2.27. The van der Waals surface area contributed by atoms with Gasteiger partial charge in [0.05, 0.1) is 0 Å². The smallest absolute Gasteiger partial charge is 0.285 e. The summed E-state index contributed by atoms with van der Waals surface area (Å²) < 4.78 is 4.78. The van der Waals surface area contributed by atoms with E-state index in [-0.39, 0.29) is 24.1 Å². The normalized spacial score (nSPS) is 22.2. The molecule has 0 aliphatic carbocycles. The van der Waals surface area contributed by atoms with Crippen molar-refractivity contribution >= 4 is 11.7 Å². The third-order valence-electron chi connectivity index (χ3n) is 1.00. The monoisotopic (exact) mass is 141 g/mol. The maximum Gasteiger partial charge on any atom is 0.285 e. The van der Waals surface area contributed by atoms with Crippen molar-refractivity contribution in [2.45, 2.75) is 0 Å². The summed E-state index contributed by atoms with van der Waals surface area (Å²) in [6.45, 7) is -0.0796. The van der Waals surface area contributed by atoms with E-state index >= 15 is 0 Å². The van der Waals surface area contributed by atoms with E-state index in [1.54, 1.807) is 0 Å². The average Bonchev–Trinajstić information content (AvgIpc) is 1.88. The van der Waals surface area contributed by atoms with Crippen molar-refractivity contribution in [1.29, 1.82) is 0 Å². The van der Waals surface area contributed by atoms with Crippen LogP contribution in [0.25, 0.3) is 0 Å². The van der Waals surface area contributed by atoms with Gasteiger partial charge >= 0.3 is 0 Å². The molecule has 1 rings (SSSR count). The number of hydrogen-bond donors (Lipinski definition) is 2. The number of carbonyl (C=O) groups excluding carboxylic acids is 1. The van der Waals surface area contributed by atoms with E-state index in [4.69, 9.17) is 16.2 Å². The highest BCUT2D eigenvalue weighted by molar-refractivity contribution is 6.04. The van der Waals surface area contributed by atoms with Crippen molar-refractivity contribution in [2.24, 2.45) is 16.5 Å². The van der Waals surface area contributed by atoms with Gasteiger partial charge in [0, 0.05) is 6.20 Å². The summed E-state index contributed by atoms with van der Waals surface area (Å²) in [5, 5.41) is 0. The van der Waals surface area contributed by atoms with Gasteiger partial charge in [-0.15, -0.1) is 0 Å². The predicted molar refractivity (Wildman–Crippen MR) is 34.9 cm³/mol. The minimum atomic E-state index is -0.386. The minimum absolute atomic E-state index is 0.0405. The quantitative estimate of drug-likeness (QED) is 0.438. The topological polar surface area (TPSA) is 90.7 Å². The van der Waals surface area contributed by atoms with Gasteiger partial charge in [0.25, 0.3) is 5.91 Å². The largest absolute Gasteiger partial charge is 0.478 e. The molecule has 10 heavy (non-hydrogen) atoms. The molecule has 0 aromatic rings. The number of amides is 1. The number of amidine groups is 1. The average molecular weight is 141 g/mol. The minimum Gasteiger partial charge on any atom is -0.478 e. The molecule has 0 atom stereocenters. The molecule has 1 heterocycles. The van der Waals surface area contributed by atoms with Crippen LogP contribution >= 0.6 is 0 Å². The molecule has 5 nitrogen and oxygen atoms in total. The van der Waals surface area contributed by atoms with Gasteiger partial charge in [-0.2, -0.15) is 4.99 Å². The van der Waals surface area contributed by atoms with Crippen molar-refractivity contribution in [3.8, 4) is 0 Å². The zero-order valence-electron chi connectivity index (χ0n) is 5.20. The molecule has 4 N–H and O–H groups in total. The summed E-state index contributed by atoms with van der Waals surface area (Å²) in [7, 11) is 0. The van der Waals surface area contributed by atoms with Crippen molar-refractivity contribution in [1.82, 2.24) is 0 Å². The number of carbonyl (C=O) groups is 1. The van der Waals surface area contributed by atoms with E-state index < -0.39 is 0 Å². The fourth-order valence-corrected chi connectivity index (χ4v) is 0.569. The van der Waals surface area contributed by atoms with Crippen LogP contribution in [0.1, 0.15) is 0 Å². The molecule has 1 amide bonds. The summed E-state index contributed by atoms with van der Waals surface area (Å²) in [4.78, 5) is 13.9. The van der Waals surface area contributed by atoms with Crippen molar-refractivity contribution < 1.29 is 9.53 Å². The van der Waals surface area contributed by atoms with E-state index in [1.807, 2.05) is 0 Å². The zero-order valence-corrected chi connectivity index (χ0v) is 5.20. The molecule has 0 fully saturated rings. The first kappa shape index (κ1) is 6.60. The van der Waals surface area contributed by atoms with Crippen LogP contribution in [0, 0.1) is 0 Å². The van der Waals surface area contributed by atoms with Crippen molar-refractivity contribution in [3.05, 3.63) is 12.0 Å². The van der Waals surface area contributed by atoms with Crippen LogP contribution < -0.4 is 11.5 Å². The van der Waals surface area contributed by atoms with Gasteiger partial charge in [0.2, 0.25) is 0 Å². The Morgan fingerprint density at radius 3 is 2.90 bits per heavy atom. The summed E-state index contributed by atoms with van der Waals surface area (Å²) in [6.07, 6.45) is 1.17. The van der Waals surface area contributed by atoms with Crippen LogP contribution in [0.4, 0.5) is 0 Å². The van der Waals surface area contributed by atoms with E-state index in [2.05, 4.69) is 4.99 Å². The lowest BCUT2D eigenvalue weighted by molar-refractivity contribution is -0.121. The second-order valence-electron chi connectivity index (χ2n) is 1.71. The molecule has 54 valence electrons. The van der Waals surface area contributed by atoms with E-state index in [1.165, 1.54) is 6.20 Å². The predicted octanol–water partition coefficient (Wildman–Crippen LogP) is -1.30. The third kappa shape index (κ3) is 1.07. The lowest BCUT2D eigenvalue weighted by Gasteiger charge is -2.11. The Bertz CT molecular complexity index is 219. The first-order chi connectivity index (χ1) is 4.74. The van der Waals surface area contributed by atoms with Crippen LogP contribution in [0.15, 0.2) is 17.0 Å². The fourth-order valence-electron chi connectivity index (χ4n) is 0.569. The van der Waals surface area contributed by atoms with E-state index in [9.17, 15) is 4.79 Å². The molecule has 1 aliphatic heterocycles. The lowest BCUT2D eigenvalue weighted by atomic mass is 10.4. The summed E-state index contributed by atoms with van der Waals surface area (Å²) in [5.74, 6) is -0.0820. The van der Waals surface area contributed by atoms with Crippen LogP contribution in [0.2, 0.25) is 0 Å². The van der Waals surface area contributed by atoms with Gasteiger partial charge in [0.1, 0.15) is 0 Å². The zero-order chi connectivity index (χ0) is 7.56. The molecular formula is C5H7N3O2. The van der Waals surface area contributed by atoms with Gasteiger partial charge in [0.15, 0.2) is 18.2 Å². The standard InChI is InChI=1S/C5H7N3O2/c6-1-3-5(7)8-4(9)2-10-3/h1H,2,6H2,(H2,7,8,9)/b3-1+.